The zero-order valence-corrected chi connectivity index (χ0v) is 15.5. The molecule has 1 N–H and O–H groups in total. The predicted molar refractivity (Wildman–Crippen MR) is 99.3 cm³/mol. The highest BCUT2D eigenvalue weighted by atomic mass is 35.5. The average Bonchev–Trinajstić information content (AvgIpc) is 3.32. The minimum absolute atomic E-state index is 0. The van der Waals surface area contributed by atoms with Gasteiger partial charge in [0, 0.05) is 38.4 Å². The van der Waals surface area contributed by atoms with Crippen LogP contribution in [0.25, 0.3) is 0 Å². The maximum absolute atomic E-state index is 12.4. The first-order valence-electron chi connectivity index (χ1n) is 8.70. The first-order chi connectivity index (χ1) is 11.1. The van der Waals surface area contributed by atoms with Gasteiger partial charge in [0.1, 0.15) is 0 Å². The van der Waals surface area contributed by atoms with Crippen LogP contribution in [-0.4, -0.2) is 55.6 Å². The molecular weight excluding hydrogens is 346 g/mol. The molecule has 1 aromatic carbocycles. The van der Waals surface area contributed by atoms with E-state index >= 15 is 0 Å². The number of hydrogen-bond donors (Lipinski definition) is 1. The third kappa shape index (κ3) is 3.57. The van der Waals surface area contributed by atoms with Gasteiger partial charge < -0.3 is 5.32 Å². The Morgan fingerprint density at radius 3 is 2.75 bits per heavy atom. The summed E-state index contributed by atoms with van der Waals surface area (Å²) in [6.45, 7) is 5.06. The van der Waals surface area contributed by atoms with Crippen molar-refractivity contribution >= 4 is 28.1 Å². The molecule has 2 fully saturated rings. The lowest BCUT2D eigenvalue weighted by Crippen LogP contribution is -2.37. The molecule has 0 amide bonds. The molecule has 0 radical (unpaired) electrons. The molecular formula is C17H26ClN3O2S. The van der Waals surface area contributed by atoms with Crippen molar-refractivity contribution in [2.75, 3.05) is 38.0 Å². The molecule has 0 spiro atoms. The van der Waals surface area contributed by atoms with Crippen molar-refractivity contribution in [3.8, 4) is 0 Å². The lowest BCUT2D eigenvalue weighted by Gasteiger charge is -2.22. The molecule has 0 unspecified atom stereocenters. The van der Waals surface area contributed by atoms with Crippen molar-refractivity contribution in [1.82, 2.24) is 9.21 Å². The highest BCUT2D eigenvalue weighted by Gasteiger charge is 2.40. The summed E-state index contributed by atoms with van der Waals surface area (Å²) < 4.78 is 26.6. The maximum Gasteiger partial charge on any atom is 0.217 e. The molecule has 134 valence electrons. The molecule has 7 heteroatoms. The largest absolute Gasteiger partial charge is 0.384 e. The molecule has 1 aromatic rings. The Balaban J connectivity index is 0.00000169. The molecule has 0 aromatic heterocycles. The van der Waals surface area contributed by atoms with Crippen molar-refractivity contribution in [2.24, 2.45) is 0 Å². The molecule has 5 nitrogen and oxygen atoms in total. The Bertz CT molecular complexity index is 691. The van der Waals surface area contributed by atoms with Gasteiger partial charge in [0.2, 0.25) is 10.0 Å². The molecule has 1 aliphatic carbocycles. The van der Waals surface area contributed by atoms with Crippen LogP contribution < -0.4 is 5.32 Å². The predicted octanol–water partition coefficient (Wildman–Crippen LogP) is 2.08. The molecule has 4 rings (SSSR count). The fraction of sp³-hybridized carbons (Fsp3) is 0.647. The Morgan fingerprint density at radius 2 is 1.96 bits per heavy atom. The number of hydrogen-bond acceptors (Lipinski definition) is 4. The van der Waals surface area contributed by atoms with E-state index in [1.165, 1.54) is 16.8 Å². The number of nitrogens with one attached hydrogen (secondary N) is 1. The van der Waals surface area contributed by atoms with Crippen LogP contribution in [0.4, 0.5) is 5.69 Å². The Morgan fingerprint density at radius 1 is 1.12 bits per heavy atom. The second-order valence-electron chi connectivity index (χ2n) is 6.90. The van der Waals surface area contributed by atoms with Crippen LogP contribution in [0.2, 0.25) is 0 Å². The summed E-state index contributed by atoms with van der Waals surface area (Å²) in [6, 6.07) is 6.54. The molecule has 1 saturated carbocycles. The fourth-order valence-electron chi connectivity index (χ4n) is 3.72. The fourth-order valence-corrected chi connectivity index (χ4v) is 5.59. The Hall–Kier alpha value is -0.820. The number of nitrogens with zero attached hydrogens (tertiary/aromatic N) is 2. The van der Waals surface area contributed by atoms with Crippen LogP contribution in [0.15, 0.2) is 18.2 Å². The van der Waals surface area contributed by atoms with Crippen molar-refractivity contribution in [3.05, 3.63) is 29.3 Å². The standard InChI is InChI=1S/C17H25N3O2S.ClH/c21-23(22,16-5-6-16)20-10-2-9-19(11-12-20)13-15-4-1-3-14-7-8-18-17(14)15;/h1,3-4,16,18H,2,5-13H2;1H. The van der Waals surface area contributed by atoms with E-state index in [0.717, 1.165) is 51.9 Å². The Kier molecular flexibility index (Phi) is 5.39. The summed E-state index contributed by atoms with van der Waals surface area (Å²) in [5.74, 6) is 0. The summed E-state index contributed by atoms with van der Waals surface area (Å²) in [5.41, 5.74) is 4.06. The lowest BCUT2D eigenvalue weighted by atomic mass is 10.1. The minimum Gasteiger partial charge on any atom is -0.384 e. The third-order valence-corrected chi connectivity index (χ3v) is 7.58. The Labute approximate surface area is 150 Å². The molecule has 0 bridgehead atoms. The van der Waals surface area contributed by atoms with E-state index < -0.39 is 10.0 Å². The van der Waals surface area contributed by atoms with Gasteiger partial charge >= 0.3 is 0 Å². The molecule has 1 saturated heterocycles. The number of sulfonamides is 1. The van der Waals surface area contributed by atoms with Crippen LogP contribution in [0, 0.1) is 0 Å². The number of halogens is 1. The second-order valence-corrected chi connectivity index (χ2v) is 9.11. The summed E-state index contributed by atoms with van der Waals surface area (Å²) in [5, 5.41) is 3.41. The van der Waals surface area contributed by atoms with E-state index in [2.05, 4.69) is 28.4 Å². The maximum atomic E-state index is 12.4. The van der Waals surface area contributed by atoms with Crippen LogP contribution >= 0.6 is 12.4 Å². The van der Waals surface area contributed by atoms with Gasteiger partial charge in [-0.15, -0.1) is 12.4 Å². The number of para-hydroxylation sites is 1. The first kappa shape index (κ1) is 18.0. The molecule has 0 atom stereocenters. The summed E-state index contributed by atoms with van der Waals surface area (Å²) in [6.07, 6.45) is 3.74. The van der Waals surface area contributed by atoms with Gasteiger partial charge in [-0.25, -0.2) is 12.7 Å². The molecule has 2 aliphatic heterocycles. The van der Waals surface area contributed by atoms with Gasteiger partial charge in [-0.1, -0.05) is 18.2 Å². The van der Waals surface area contributed by atoms with Crippen LogP contribution in [0.1, 0.15) is 30.4 Å². The SMILES string of the molecule is Cl.O=S(=O)(C1CC1)N1CCCN(Cc2cccc3c2NCC3)CC1. The smallest absolute Gasteiger partial charge is 0.217 e. The van der Waals surface area contributed by atoms with Crippen molar-refractivity contribution in [1.29, 1.82) is 0 Å². The van der Waals surface area contributed by atoms with Gasteiger partial charge in [-0.2, -0.15) is 0 Å². The number of rotatable bonds is 4. The van der Waals surface area contributed by atoms with Crippen molar-refractivity contribution in [3.63, 3.8) is 0 Å². The normalized spacial score (nSPS) is 22.3. The van der Waals surface area contributed by atoms with Crippen molar-refractivity contribution < 1.29 is 8.42 Å². The van der Waals surface area contributed by atoms with Gasteiger partial charge in [-0.3, -0.25) is 4.90 Å². The first-order valence-corrected chi connectivity index (χ1v) is 10.2. The zero-order chi connectivity index (χ0) is 15.9. The van der Waals surface area contributed by atoms with Gasteiger partial charge in [0.15, 0.2) is 0 Å². The van der Waals surface area contributed by atoms with Gasteiger partial charge in [-0.05, 0) is 43.4 Å². The van der Waals surface area contributed by atoms with E-state index in [0.29, 0.717) is 13.1 Å². The van der Waals surface area contributed by atoms with Crippen molar-refractivity contribution in [2.45, 2.75) is 37.5 Å². The van der Waals surface area contributed by atoms with Gasteiger partial charge in [0.25, 0.3) is 0 Å². The monoisotopic (exact) mass is 371 g/mol. The highest BCUT2D eigenvalue weighted by Crippen LogP contribution is 2.32. The summed E-state index contributed by atoms with van der Waals surface area (Å²) >= 11 is 0. The zero-order valence-electron chi connectivity index (χ0n) is 13.9. The van der Waals surface area contributed by atoms with E-state index in [4.69, 9.17) is 0 Å². The molecule has 24 heavy (non-hydrogen) atoms. The quantitative estimate of drug-likeness (QED) is 0.880. The van der Waals surface area contributed by atoms with Crippen LogP contribution in [-0.2, 0) is 23.0 Å². The summed E-state index contributed by atoms with van der Waals surface area (Å²) in [7, 11) is -3.02. The van der Waals surface area contributed by atoms with Gasteiger partial charge in [0.05, 0.1) is 5.25 Å². The van der Waals surface area contributed by atoms with Crippen LogP contribution in [0.3, 0.4) is 0 Å². The third-order valence-electron chi connectivity index (χ3n) is 5.18. The number of benzene rings is 1. The highest BCUT2D eigenvalue weighted by molar-refractivity contribution is 7.90. The molecule has 2 heterocycles. The van der Waals surface area contributed by atoms with E-state index in [-0.39, 0.29) is 17.7 Å². The lowest BCUT2D eigenvalue weighted by molar-refractivity contribution is 0.279. The summed E-state index contributed by atoms with van der Waals surface area (Å²) in [4.78, 5) is 2.40. The number of anilines is 1. The van der Waals surface area contributed by atoms with E-state index in [1.54, 1.807) is 4.31 Å². The second kappa shape index (κ2) is 7.20. The van der Waals surface area contributed by atoms with Crippen LogP contribution in [0.5, 0.6) is 0 Å². The minimum atomic E-state index is -3.02. The molecule has 3 aliphatic rings. The average molecular weight is 372 g/mol. The topological polar surface area (TPSA) is 52.7 Å². The van der Waals surface area contributed by atoms with E-state index in [1.807, 2.05) is 0 Å². The number of fused-ring (bicyclic) bond motifs is 1. The van der Waals surface area contributed by atoms with E-state index in [9.17, 15) is 8.42 Å².